The quantitative estimate of drug-likeness (QED) is 0.620. The SMILES string of the molecule is Cc1nc(CCc2c(-c3ccc(F)cn3)noc2C)sc1OC(=O)NCC1CC1. The van der Waals surface area contributed by atoms with Gasteiger partial charge in [0.05, 0.1) is 22.6 Å². The second-order valence-corrected chi connectivity index (χ2v) is 8.17. The maximum Gasteiger partial charge on any atom is 0.413 e. The van der Waals surface area contributed by atoms with Crippen molar-refractivity contribution in [2.24, 2.45) is 5.92 Å². The summed E-state index contributed by atoms with van der Waals surface area (Å²) in [5.74, 6) is 0.884. The molecular weight excluding hydrogens is 395 g/mol. The minimum Gasteiger partial charge on any atom is -0.397 e. The Labute approximate surface area is 171 Å². The van der Waals surface area contributed by atoms with Crippen LogP contribution in [0.5, 0.6) is 5.06 Å². The van der Waals surface area contributed by atoms with Gasteiger partial charge < -0.3 is 14.6 Å². The van der Waals surface area contributed by atoms with Crippen molar-refractivity contribution in [1.82, 2.24) is 20.4 Å². The molecule has 3 heterocycles. The van der Waals surface area contributed by atoms with Gasteiger partial charge in [0, 0.05) is 18.5 Å². The van der Waals surface area contributed by atoms with Crippen LogP contribution in [0.25, 0.3) is 11.4 Å². The number of halogens is 1. The predicted molar refractivity (Wildman–Crippen MR) is 105 cm³/mol. The standard InChI is InChI=1S/C20H21FN4O3S/c1-11-19(27-20(26)23-9-13-3-4-13)29-17(24-11)8-6-15-12(2)28-25-18(15)16-7-5-14(21)10-22-16/h5,7,10,13H,3-4,6,8-9H2,1-2H3,(H,23,26). The van der Waals surface area contributed by atoms with Crippen molar-refractivity contribution in [3.63, 3.8) is 0 Å². The molecule has 1 fully saturated rings. The minimum atomic E-state index is -0.435. The van der Waals surface area contributed by atoms with Crippen molar-refractivity contribution in [1.29, 1.82) is 0 Å². The van der Waals surface area contributed by atoms with Crippen LogP contribution in [-0.2, 0) is 12.8 Å². The molecule has 0 radical (unpaired) electrons. The van der Waals surface area contributed by atoms with E-state index in [4.69, 9.17) is 9.26 Å². The summed E-state index contributed by atoms with van der Waals surface area (Å²) in [6.07, 6.45) is 4.32. The molecule has 3 aromatic rings. The second kappa shape index (κ2) is 8.28. The number of pyridine rings is 1. The molecule has 0 atom stereocenters. The van der Waals surface area contributed by atoms with Crippen LogP contribution in [0, 0.1) is 25.6 Å². The van der Waals surface area contributed by atoms with E-state index < -0.39 is 11.9 Å². The normalized spacial score (nSPS) is 13.5. The highest BCUT2D eigenvalue weighted by Crippen LogP contribution is 2.30. The van der Waals surface area contributed by atoms with Gasteiger partial charge in [0.25, 0.3) is 0 Å². The predicted octanol–water partition coefficient (Wildman–Crippen LogP) is 4.23. The lowest BCUT2D eigenvalue weighted by Gasteiger charge is -2.03. The van der Waals surface area contributed by atoms with Crippen molar-refractivity contribution in [2.75, 3.05) is 6.54 Å². The molecule has 152 valence electrons. The summed E-state index contributed by atoms with van der Waals surface area (Å²) in [7, 11) is 0. The molecule has 1 saturated carbocycles. The van der Waals surface area contributed by atoms with Gasteiger partial charge in [-0.15, -0.1) is 0 Å². The molecule has 9 heteroatoms. The first-order valence-corrected chi connectivity index (χ1v) is 10.3. The van der Waals surface area contributed by atoms with Crippen molar-refractivity contribution >= 4 is 17.4 Å². The molecule has 4 rings (SSSR count). The molecule has 0 aromatic carbocycles. The molecule has 0 bridgehead atoms. The molecule has 7 nitrogen and oxygen atoms in total. The van der Waals surface area contributed by atoms with E-state index in [-0.39, 0.29) is 0 Å². The molecule has 0 spiro atoms. The Morgan fingerprint density at radius 3 is 2.90 bits per heavy atom. The van der Waals surface area contributed by atoms with Crippen LogP contribution in [0.15, 0.2) is 22.9 Å². The van der Waals surface area contributed by atoms with Crippen LogP contribution in [0.2, 0.25) is 0 Å². The van der Waals surface area contributed by atoms with Gasteiger partial charge in [-0.25, -0.2) is 14.2 Å². The highest BCUT2D eigenvalue weighted by Gasteiger charge is 2.23. The van der Waals surface area contributed by atoms with Crippen LogP contribution in [0.3, 0.4) is 0 Å². The van der Waals surface area contributed by atoms with Crippen LogP contribution >= 0.6 is 11.3 Å². The number of hydrogen-bond donors (Lipinski definition) is 1. The summed E-state index contributed by atoms with van der Waals surface area (Å²) in [5.41, 5.74) is 2.76. The van der Waals surface area contributed by atoms with Crippen molar-refractivity contribution < 1.29 is 18.4 Å². The van der Waals surface area contributed by atoms with Gasteiger partial charge in [-0.2, -0.15) is 0 Å². The number of carbonyl (C=O) groups excluding carboxylic acids is 1. The van der Waals surface area contributed by atoms with Gasteiger partial charge in [0.2, 0.25) is 5.06 Å². The molecule has 0 unspecified atom stereocenters. The zero-order valence-electron chi connectivity index (χ0n) is 16.2. The number of thiazole rings is 1. The molecule has 1 amide bonds. The molecule has 3 aromatic heterocycles. The topological polar surface area (TPSA) is 90.1 Å². The van der Waals surface area contributed by atoms with Crippen LogP contribution in [0.1, 0.15) is 34.9 Å². The third kappa shape index (κ3) is 4.79. The zero-order valence-corrected chi connectivity index (χ0v) is 17.0. The van der Waals surface area contributed by atoms with Gasteiger partial charge in [-0.1, -0.05) is 16.5 Å². The van der Waals surface area contributed by atoms with Gasteiger partial charge in [-0.3, -0.25) is 4.98 Å². The van der Waals surface area contributed by atoms with Crippen LogP contribution in [-0.4, -0.2) is 27.8 Å². The fraction of sp³-hybridized carbons (Fsp3) is 0.400. The fourth-order valence-electron chi connectivity index (χ4n) is 2.94. The Morgan fingerprint density at radius 2 is 2.17 bits per heavy atom. The monoisotopic (exact) mass is 416 g/mol. The van der Waals surface area contributed by atoms with Gasteiger partial charge in [0.15, 0.2) is 0 Å². The average Bonchev–Trinajstić information content (AvgIpc) is 3.37. The molecule has 1 N–H and O–H groups in total. The van der Waals surface area contributed by atoms with E-state index in [1.54, 1.807) is 6.07 Å². The van der Waals surface area contributed by atoms with Crippen molar-refractivity contribution in [3.05, 3.63) is 46.2 Å². The molecule has 29 heavy (non-hydrogen) atoms. The Morgan fingerprint density at radius 1 is 1.34 bits per heavy atom. The lowest BCUT2D eigenvalue weighted by Crippen LogP contribution is -2.28. The first kappa shape index (κ1) is 19.5. The summed E-state index contributed by atoms with van der Waals surface area (Å²) in [4.78, 5) is 20.5. The van der Waals surface area contributed by atoms with Gasteiger partial charge in [-0.05, 0) is 51.2 Å². The number of hydrogen-bond acceptors (Lipinski definition) is 7. The molecule has 1 aliphatic rings. The number of aryl methyl sites for hydroxylation is 3. The van der Waals surface area contributed by atoms with E-state index in [9.17, 15) is 9.18 Å². The number of nitrogens with one attached hydrogen (secondary N) is 1. The maximum absolute atomic E-state index is 13.1. The summed E-state index contributed by atoms with van der Waals surface area (Å²) in [6.45, 7) is 4.32. The van der Waals surface area contributed by atoms with E-state index in [2.05, 4.69) is 20.4 Å². The Kier molecular flexibility index (Phi) is 5.57. The molecule has 0 saturated heterocycles. The van der Waals surface area contributed by atoms with E-state index in [0.717, 1.165) is 16.8 Å². The summed E-state index contributed by atoms with van der Waals surface area (Å²) in [5, 5.41) is 8.22. The van der Waals surface area contributed by atoms with Crippen molar-refractivity contribution in [2.45, 2.75) is 39.5 Å². The number of rotatable bonds is 7. The van der Waals surface area contributed by atoms with Gasteiger partial charge >= 0.3 is 6.09 Å². The summed E-state index contributed by atoms with van der Waals surface area (Å²) in [6, 6.07) is 2.92. The van der Waals surface area contributed by atoms with Gasteiger partial charge in [0.1, 0.15) is 17.3 Å². The third-order valence-corrected chi connectivity index (χ3v) is 5.85. The van der Waals surface area contributed by atoms with Crippen LogP contribution < -0.4 is 10.1 Å². The highest BCUT2D eigenvalue weighted by atomic mass is 32.1. The molecule has 0 aliphatic heterocycles. The zero-order chi connectivity index (χ0) is 20.4. The fourth-order valence-corrected chi connectivity index (χ4v) is 3.85. The largest absolute Gasteiger partial charge is 0.413 e. The Bertz CT molecular complexity index is 1010. The summed E-state index contributed by atoms with van der Waals surface area (Å²) < 4.78 is 23.9. The number of carbonyl (C=O) groups is 1. The first-order valence-electron chi connectivity index (χ1n) is 9.48. The minimum absolute atomic E-state index is 0.400. The molecular formula is C20H21FN4O3S. The van der Waals surface area contributed by atoms with Crippen LogP contribution in [0.4, 0.5) is 9.18 Å². The third-order valence-electron chi connectivity index (χ3n) is 4.76. The number of amides is 1. The summed E-state index contributed by atoms with van der Waals surface area (Å²) >= 11 is 1.36. The second-order valence-electron chi connectivity index (χ2n) is 7.12. The average molecular weight is 416 g/mol. The Hall–Kier alpha value is -2.81. The first-order chi connectivity index (χ1) is 14.0. The van der Waals surface area contributed by atoms with Crippen molar-refractivity contribution in [3.8, 4) is 16.5 Å². The number of ether oxygens (including phenoxy) is 1. The van der Waals surface area contributed by atoms with E-state index in [1.165, 1.54) is 30.2 Å². The van der Waals surface area contributed by atoms with E-state index in [1.807, 2.05) is 13.8 Å². The highest BCUT2D eigenvalue weighted by molar-refractivity contribution is 7.13. The lowest BCUT2D eigenvalue weighted by atomic mass is 10.1. The maximum atomic E-state index is 13.1. The molecule has 1 aliphatic carbocycles. The smallest absolute Gasteiger partial charge is 0.397 e. The van der Waals surface area contributed by atoms with E-state index in [0.29, 0.717) is 53.2 Å². The lowest BCUT2D eigenvalue weighted by molar-refractivity contribution is 0.201. The Balaban J connectivity index is 1.41. The van der Waals surface area contributed by atoms with E-state index >= 15 is 0 Å². The number of aromatic nitrogens is 3. The number of nitrogens with zero attached hydrogens (tertiary/aromatic N) is 3.